The van der Waals surface area contributed by atoms with Crippen LogP contribution in [0.2, 0.25) is 0 Å². The first-order valence-electron chi connectivity index (χ1n) is 8.79. The van der Waals surface area contributed by atoms with Crippen LogP contribution < -0.4 is 16.0 Å². The number of nitrogens with one attached hydrogen (secondary N) is 3. The van der Waals surface area contributed by atoms with Crippen LogP contribution in [0.25, 0.3) is 0 Å². The topological polar surface area (TPSA) is 65.5 Å². The van der Waals surface area contributed by atoms with E-state index in [1.807, 2.05) is 37.3 Å². The number of guanidine groups is 1. The van der Waals surface area contributed by atoms with Gasteiger partial charge in [-0.25, -0.2) is 0 Å². The van der Waals surface area contributed by atoms with Crippen LogP contribution >= 0.6 is 24.0 Å². The normalized spacial score (nSPS) is 12.5. The van der Waals surface area contributed by atoms with Gasteiger partial charge < -0.3 is 16.0 Å². The lowest BCUT2D eigenvalue weighted by Gasteiger charge is -2.18. The first kappa shape index (κ1) is 24.7. The van der Waals surface area contributed by atoms with Crippen molar-refractivity contribution in [2.75, 3.05) is 20.1 Å². The summed E-state index contributed by atoms with van der Waals surface area (Å²) in [6.45, 7) is 2.71. The van der Waals surface area contributed by atoms with Crippen molar-refractivity contribution in [3.8, 4) is 0 Å². The maximum Gasteiger partial charge on any atom is 0.416 e. The molecular formula is C20H24F3IN4O. The molecule has 0 aliphatic heterocycles. The second-order valence-electron chi connectivity index (χ2n) is 6.11. The number of hydrogen-bond acceptors (Lipinski definition) is 2. The quantitative estimate of drug-likeness (QED) is 0.234. The van der Waals surface area contributed by atoms with Crippen LogP contribution in [0.4, 0.5) is 13.2 Å². The zero-order valence-electron chi connectivity index (χ0n) is 16.1. The van der Waals surface area contributed by atoms with Crippen molar-refractivity contribution in [1.29, 1.82) is 0 Å². The third kappa shape index (κ3) is 7.92. The zero-order valence-corrected chi connectivity index (χ0v) is 18.4. The van der Waals surface area contributed by atoms with Crippen LogP contribution in [-0.2, 0) is 6.18 Å². The fraction of sp³-hybridized carbons (Fsp3) is 0.300. The third-order valence-corrected chi connectivity index (χ3v) is 4.05. The summed E-state index contributed by atoms with van der Waals surface area (Å²) in [6, 6.07) is 14.0. The summed E-state index contributed by atoms with van der Waals surface area (Å²) in [4.78, 5) is 16.2. The average Bonchev–Trinajstić information content (AvgIpc) is 2.70. The predicted octanol–water partition coefficient (Wildman–Crippen LogP) is 3.98. The van der Waals surface area contributed by atoms with Gasteiger partial charge in [0.1, 0.15) is 0 Å². The highest BCUT2D eigenvalue weighted by Crippen LogP contribution is 2.29. The van der Waals surface area contributed by atoms with E-state index < -0.39 is 17.6 Å². The van der Waals surface area contributed by atoms with Gasteiger partial charge in [-0.05, 0) is 36.8 Å². The number of alkyl halides is 3. The summed E-state index contributed by atoms with van der Waals surface area (Å²) in [5.41, 5.74) is 0.502. The number of rotatable bonds is 6. The number of hydrogen-bond donors (Lipinski definition) is 3. The zero-order chi connectivity index (χ0) is 20.6. The predicted molar refractivity (Wildman–Crippen MR) is 119 cm³/mol. The third-order valence-electron chi connectivity index (χ3n) is 4.05. The van der Waals surface area contributed by atoms with Crippen molar-refractivity contribution in [1.82, 2.24) is 16.0 Å². The molecule has 158 valence electrons. The minimum Gasteiger partial charge on any atom is -0.355 e. The van der Waals surface area contributed by atoms with Crippen molar-refractivity contribution in [3.63, 3.8) is 0 Å². The molecule has 0 fully saturated rings. The van der Waals surface area contributed by atoms with Gasteiger partial charge in [0, 0.05) is 25.7 Å². The molecule has 2 aromatic rings. The minimum absolute atomic E-state index is 0. The van der Waals surface area contributed by atoms with Gasteiger partial charge in [0.05, 0.1) is 11.6 Å². The second-order valence-corrected chi connectivity index (χ2v) is 6.11. The number of carbonyl (C=O) groups excluding carboxylic acids is 1. The number of carbonyl (C=O) groups is 1. The van der Waals surface area contributed by atoms with Crippen molar-refractivity contribution < 1.29 is 18.0 Å². The highest BCUT2D eigenvalue weighted by atomic mass is 127. The fourth-order valence-corrected chi connectivity index (χ4v) is 2.49. The van der Waals surface area contributed by atoms with E-state index in [-0.39, 0.29) is 35.6 Å². The Bertz CT molecular complexity index is 796. The minimum atomic E-state index is -4.42. The van der Waals surface area contributed by atoms with Gasteiger partial charge in [0.25, 0.3) is 5.91 Å². The van der Waals surface area contributed by atoms with Crippen molar-refractivity contribution in [3.05, 3.63) is 71.3 Å². The summed E-state index contributed by atoms with van der Waals surface area (Å²) < 4.78 is 37.7. The number of aliphatic imine (C=N–C) groups is 1. The van der Waals surface area contributed by atoms with Crippen LogP contribution in [-0.4, -0.2) is 32.0 Å². The Kier molecular flexibility index (Phi) is 9.93. The summed E-state index contributed by atoms with van der Waals surface area (Å²) >= 11 is 0. The van der Waals surface area contributed by atoms with Gasteiger partial charge in [-0.1, -0.05) is 30.3 Å². The maximum atomic E-state index is 12.6. The summed E-state index contributed by atoms with van der Waals surface area (Å²) in [7, 11) is 1.65. The van der Waals surface area contributed by atoms with E-state index in [1.54, 1.807) is 7.05 Å². The van der Waals surface area contributed by atoms with E-state index in [2.05, 4.69) is 20.9 Å². The molecule has 5 nitrogen and oxygen atoms in total. The van der Waals surface area contributed by atoms with Crippen LogP contribution in [0, 0.1) is 0 Å². The number of nitrogens with zero attached hydrogens (tertiary/aromatic N) is 1. The van der Waals surface area contributed by atoms with Gasteiger partial charge in [-0.2, -0.15) is 13.2 Å². The summed E-state index contributed by atoms with van der Waals surface area (Å²) in [6.07, 6.45) is -4.42. The molecule has 0 saturated heterocycles. The fourth-order valence-electron chi connectivity index (χ4n) is 2.49. The number of amides is 1. The van der Waals surface area contributed by atoms with E-state index in [0.29, 0.717) is 19.0 Å². The molecule has 0 heterocycles. The molecule has 29 heavy (non-hydrogen) atoms. The molecule has 1 amide bonds. The lowest BCUT2D eigenvalue weighted by molar-refractivity contribution is -0.137. The molecule has 0 aliphatic carbocycles. The Morgan fingerprint density at radius 2 is 1.59 bits per heavy atom. The van der Waals surface area contributed by atoms with E-state index in [0.717, 1.165) is 29.8 Å². The van der Waals surface area contributed by atoms with E-state index >= 15 is 0 Å². The van der Waals surface area contributed by atoms with Crippen molar-refractivity contribution in [2.45, 2.75) is 19.1 Å². The Balaban J connectivity index is 0.00000420. The first-order chi connectivity index (χ1) is 13.3. The molecule has 1 unspecified atom stereocenters. The number of halogens is 4. The molecule has 2 rings (SSSR count). The van der Waals surface area contributed by atoms with Gasteiger partial charge in [0.2, 0.25) is 0 Å². The van der Waals surface area contributed by atoms with Crippen LogP contribution in [0.15, 0.2) is 59.6 Å². The van der Waals surface area contributed by atoms with Crippen LogP contribution in [0.5, 0.6) is 0 Å². The number of benzene rings is 2. The van der Waals surface area contributed by atoms with Crippen molar-refractivity contribution >= 4 is 35.8 Å². The van der Waals surface area contributed by atoms with E-state index in [1.165, 1.54) is 0 Å². The molecule has 0 saturated carbocycles. The largest absolute Gasteiger partial charge is 0.416 e. The summed E-state index contributed by atoms with van der Waals surface area (Å²) in [5, 5.41) is 8.98. The van der Waals surface area contributed by atoms with E-state index in [9.17, 15) is 18.0 Å². The van der Waals surface area contributed by atoms with E-state index in [4.69, 9.17) is 0 Å². The molecular weight excluding hydrogens is 496 g/mol. The Morgan fingerprint density at radius 3 is 2.14 bits per heavy atom. The Hall–Kier alpha value is -2.30. The molecule has 0 spiro atoms. The van der Waals surface area contributed by atoms with Crippen LogP contribution in [0.3, 0.4) is 0 Å². The molecule has 3 N–H and O–H groups in total. The first-order valence-corrected chi connectivity index (χ1v) is 8.79. The highest BCUT2D eigenvalue weighted by molar-refractivity contribution is 14.0. The monoisotopic (exact) mass is 520 g/mol. The molecule has 1 atom stereocenters. The molecule has 0 bridgehead atoms. The highest BCUT2D eigenvalue weighted by Gasteiger charge is 2.30. The van der Waals surface area contributed by atoms with Gasteiger partial charge in [-0.15, -0.1) is 24.0 Å². The SMILES string of the molecule is CN=C(NCCNC(=O)c1ccc(C(F)(F)F)cc1)NC(C)c1ccccc1.I. The lowest BCUT2D eigenvalue weighted by atomic mass is 10.1. The van der Waals surface area contributed by atoms with Gasteiger partial charge in [0.15, 0.2) is 5.96 Å². The van der Waals surface area contributed by atoms with Gasteiger partial charge >= 0.3 is 6.18 Å². The summed E-state index contributed by atoms with van der Waals surface area (Å²) in [5.74, 6) is 0.149. The van der Waals surface area contributed by atoms with Crippen molar-refractivity contribution in [2.24, 2.45) is 4.99 Å². The standard InChI is InChI=1S/C20H23F3N4O.HI/c1-14(15-6-4-3-5-7-15)27-19(24-2)26-13-12-25-18(28)16-8-10-17(11-9-16)20(21,22)23;/h3-11,14H,12-13H2,1-2H3,(H,25,28)(H2,24,26,27);1H. The van der Waals surface area contributed by atoms with Gasteiger partial charge in [-0.3, -0.25) is 9.79 Å². The molecule has 0 aliphatic rings. The molecule has 9 heteroatoms. The molecule has 2 aromatic carbocycles. The Labute approximate surface area is 185 Å². The van der Waals surface area contributed by atoms with Crippen LogP contribution in [0.1, 0.15) is 34.5 Å². The second kappa shape index (κ2) is 11.6. The molecule has 0 radical (unpaired) electrons. The smallest absolute Gasteiger partial charge is 0.355 e. The maximum absolute atomic E-state index is 12.6. The Morgan fingerprint density at radius 1 is 1.00 bits per heavy atom. The lowest BCUT2D eigenvalue weighted by Crippen LogP contribution is -2.42. The molecule has 0 aromatic heterocycles. The average molecular weight is 520 g/mol.